The minimum absolute atomic E-state index is 0.109. The molecule has 0 saturated carbocycles. The number of methoxy groups -OCH3 is 1. The fraction of sp³-hybridized carbons (Fsp3) is 0.700. The molecule has 0 spiro atoms. The van der Waals surface area contributed by atoms with E-state index in [4.69, 9.17) is 5.73 Å². The van der Waals surface area contributed by atoms with E-state index in [0.717, 1.165) is 0 Å². The van der Waals surface area contributed by atoms with Crippen molar-refractivity contribution in [2.75, 3.05) is 33.3 Å². The van der Waals surface area contributed by atoms with Gasteiger partial charge in [0, 0.05) is 6.54 Å². The summed E-state index contributed by atoms with van der Waals surface area (Å²) >= 11 is 0. The third-order valence-electron chi connectivity index (χ3n) is 2.02. The van der Waals surface area contributed by atoms with Crippen LogP contribution in [0.15, 0.2) is 0 Å². The number of esters is 1. The van der Waals surface area contributed by atoms with Crippen molar-refractivity contribution in [3.63, 3.8) is 0 Å². The van der Waals surface area contributed by atoms with Gasteiger partial charge in [0.05, 0.1) is 20.2 Å². The number of ether oxygens (including phenoxy) is 1. The summed E-state index contributed by atoms with van der Waals surface area (Å²) in [5.74, 6) is -1.23. The summed E-state index contributed by atoms with van der Waals surface area (Å²) in [7, 11) is 1.26. The summed E-state index contributed by atoms with van der Waals surface area (Å²) < 4.78 is 4.48. The highest BCUT2D eigenvalue weighted by Gasteiger charge is 2.16. The molecule has 0 bridgehead atoms. The minimum atomic E-state index is -0.489. The van der Waals surface area contributed by atoms with E-state index in [0.29, 0.717) is 13.0 Å². The highest BCUT2D eigenvalue weighted by molar-refractivity contribution is 5.87. The summed E-state index contributed by atoms with van der Waals surface area (Å²) in [5, 5.41) is 2.35. The first-order chi connectivity index (χ1) is 8.04. The summed E-state index contributed by atoms with van der Waals surface area (Å²) in [5.41, 5.74) is 5.08. The smallest absolute Gasteiger partial charge is 0.325 e. The zero-order valence-electron chi connectivity index (χ0n) is 10.2. The number of hydrogen-bond acceptors (Lipinski definition) is 5. The molecular weight excluding hydrogens is 226 g/mol. The molecule has 3 N–H and O–H groups in total. The SMILES string of the molecule is CCCN(CC(=O)OC)C(=O)CNC(=O)CN. The maximum absolute atomic E-state index is 11.7. The third kappa shape index (κ3) is 6.52. The third-order valence-corrected chi connectivity index (χ3v) is 2.02. The van der Waals surface area contributed by atoms with Crippen LogP contribution in [-0.2, 0) is 19.1 Å². The van der Waals surface area contributed by atoms with E-state index in [9.17, 15) is 14.4 Å². The van der Waals surface area contributed by atoms with E-state index in [1.807, 2.05) is 6.92 Å². The first-order valence-corrected chi connectivity index (χ1v) is 5.36. The second-order valence-electron chi connectivity index (χ2n) is 3.37. The molecule has 0 saturated heterocycles. The van der Waals surface area contributed by atoms with Gasteiger partial charge in [0.15, 0.2) is 0 Å². The quantitative estimate of drug-likeness (QED) is 0.530. The van der Waals surface area contributed by atoms with Crippen LogP contribution in [0.2, 0.25) is 0 Å². The second kappa shape index (κ2) is 8.51. The number of hydrogen-bond donors (Lipinski definition) is 2. The van der Waals surface area contributed by atoms with Crippen LogP contribution in [0.5, 0.6) is 0 Å². The zero-order valence-corrected chi connectivity index (χ0v) is 10.2. The van der Waals surface area contributed by atoms with Gasteiger partial charge in [-0.15, -0.1) is 0 Å². The van der Waals surface area contributed by atoms with Gasteiger partial charge in [0.25, 0.3) is 0 Å². The van der Waals surface area contributed by atoms with Gasteiger partial charge in [-0.3, -0.25) is 14.4 Å². The van der Waals surface area contributed by atoms with E-state index in [1.54, 1.807) is 0 Å². The van der Waals surface area contributed by atoms with Crippen LogP contribution in [0.3, 0.4) is 0 Å². The summed E-state index contributed by atoms with van der Waals surface area (Å²) in [6.45, 7) is 1.88. The van der Waals surface area contributed by atoms with Crippen molar-refractivity contribution in [1.29, 1.82) is 0 Å². The largest absolute Gasteiger partial charge is 0.468 e. The zero-order chi connectivity index (χ0) is 13.3. The van der Waals surface area contributed by atoms with Crippen LogP contribution in [0.1, 0.15) is 13.3 Å². The van der Waals surface area contributed by atoms with Crippen molar-refractivity contribution < 1.29 is 19.1 Å². The Balaban J connectivity index is 4.23. The molecule has 0 heterocycles. The van der Waals surface area contributed by atoms with Gasteiger partial charge in [0.2, 0.25) is 11.8 Å². The predicted octanol–water partition coefficient (Wildman–Crippen LogP) is -1.53. The van der Waals surface area contributed by atoms with Gasteiger partial charge in [-0.25, -0.2) is 0 Å². The summed E-state index contributed by atoms with van der Waals surface area (Å²) in [4.78, 5) is 35.0. The molecule has 0 rings (SSSR count). The average Bonchev–Trinajstić information content (AvgIpc) is 2.34. The van der Waals surface area contributed by atoms with E-state index in [1.165, 1.54) is 12.0 Å². The molecule has 0 atom stereocenters. The number of nitrogens with one attached hydrogen (secondary N) is 1. The molecule has 7 nitrogen and oxygen atoms in total. The molecule has 2 amide bonds. The minimum Gasteiger partial charge on any atom is -0.468 e. The van der Waals surface area contributed by atoms with Gasteiger partial charge in [-0.2, -0.15) is 0 Å². The highest BCUT2D eigenvalue weighted by atomic mass is 16.5. The van der Waals surface area contributed by atoms with Crippen LogP contribution < -0.4 is 11.1 Å². The second-order valence-corrected chi connectivity index (χ2v) is 3.37. The van der Waals surface area contributed by atoms with Crippen molar-refractivity contribution in [1.82, 2.24) is 10.2 Å². The average molecular weight is 245 g/mol. The number of rotatable bonds is 7. The van der Waals surface area contributed by atoms with Gasteiger partial charge < -0.3 is 20.7 Å². The number of nitrogens with zero attached hydrogens (tertiary/aromatic N) is 1. The predicted molar refractivity (Wildman–Crippen MR) is 61.0 cm³/mol. The first kappa shape index (κ1) is 15.4. The standard InChI is InChI=1S/C10H19N3O4/c1-3-4-13(7-10(16)17-2)9(15)6-12-8(14)5-11/h3-7,11H2,1-2H3,(H,12,14). The van der Waals surface area contributed by atoms with E-state index >= 15 is 0 Å². The van der Waals surface area contributed by atoms with Gasteiger partial charge >= 0.3 is 5.97 Å². The molecule has 0 fully saturated rings. The lowest BCUT2D eigenvalue weighted by atomic mass is 10.3. The molecule has 0 aromatic heterocycles. The van der Waals surface area contributed by atoms with Crippen molar-refractivity contribution in [3.05, 3.63) is 0 Å². The van der Waals surface area contributed by atoms with Crippen molar-refractivity contribution in [3.8, 4) is 0 Å². The van der Waals surface area contributed by atoms with E-state index in [2.05, 4.69) is 10.1 Å². The van der Waals surface area contributed by atoms with Gasteiger partial charge in [-0.05, 0) is 6.42 Å². The maximum Gasteiger partial charge on any atom is 0.325 e. The Morgan fingerprint density at radius 2 is 2.00 bits per heavy atom. The number of carbonyl (C=O) groups is 3. The van der Waals surface area contributed by atoms with Crippen LogP contribution in [-0.4, -0.2) is 56.0 Å². The molecule has 0 unspecified atom stereocenters. The van der Waals surface area contributed by atoms with Crippen molar-refractivity contribution in [2.45, 2.75) is 13.3 Å². The van der Waals surface area contributed by atoms with Crippen LogP contribution >= 0.6 is 0 Å². The lowest BCUT2D eigenvalue weighted by Gasteiger charge is -2.20. The Hall–Kier alpha value is -1.63. The maximum atomic E-state index is 11.7. The van der Waals surface area contributed by atoms with Gasteiger partial charge in [-0.1, -0.05) is 6.92 Å². The summed E-state index contributed by atoms with van der Waals surface area (Å²) in [6.07, 6.45) is 0.716. The molecule has 17 heavy (non-hydrogen) atoms. The molecular formula is C10H19N3O4. The molecule has 0 aliphatic rings. The highest BCUT2D eigenvalue weighted by Crippen LogP contribution is 1.93. The molecule has 7 heteroatoms. The summed E-state index contributed by atoms with van der Waals surface area (Å²) in [6, 6.07) is 0. The Bertz CT molecular complexity index is 281. The molecule has 0 aromatic carbocycles. The Morgan fingerprint density at radius 3 is 2.47 bits per heavy atom. The topological polar surface area (TPSA) is 102 Å². The van der Waals surface area contributed by atoms with Crippen LogP contribution in [0.25, 0.3) is 0 Å². The lowest BCUT2D eigenvalue weighted by molar-refractivity contribution is -0.146. The Labute approximate surface area is 100 Å². The molecule has 98 valence electrons. The van der Waals surface area contributed by atoms with E-state index in [-0.39, 0.29) is 25.5 Å². The number of carbonyl (C=O) groups excluding carboxylic acids is 3. The normalized spacial score (nSPS) is 9.59. The molecule has 0 aromatic rings. The van der Waals surface area contributed by atoms with Crippen molar-refractivity contribution >= 4 is 17.8 Å². The van der Waals surface area contributed by atoms with E-state index < -0.39 is 11.9 Å². The van der Waals surface area contributed by atoms with Crippen molar-refractivity contribution in [2.24, 2.45) is 5.73 Å². The Kier molecular flexibility index (Phi) is 7.70. The first-order valence-electron chi connectivity index (χ1n) is 5.36. The fourth-order valence-electron chi connectivity index (χ4n) is 1.14. The number of nitrogens with two attached hydrogens (primary N) is 1. The van der Waals surface area contributed by atoms with Crippen LogP contribution in [0.4, 0.5) is 0 Å². The Morgan fingerprint density at radius 1 is 1.35 bits per heavy atom. The van der Waals surface area contributed by atoms with Gasteiger partial charge in [0.1, 0.15) is 6.54 Å². The molecule has 0 aliphatic carbocycles. The van der Waals surface area contributed by atoms with Crippen LogP contribution in [0, 0.1) is 0 Å². The monoisotopic (exact) mass is 245 g/mol. The molecule has 0 radical (unpaired) electrons. The number of amides is 2. The molecule has 0 aliphatic heterocycles. The fourth-order valence-corrected chi connectivity index (χ4v) is 1.14. The lowest BCUT2D eigenvalue weighted by Crippen LogP contribution is -2.44.